The second kappa shape index (κ2) is 8.87. The number of rotatable bonds is 7. The van der Waals surface area contributed by atoms with Crippen molar-refractivity contribution >= 4 is 17.5 Å². The first-order chi connectivity index (χ1) is 12.0. The summed E-state index contributed by atoms with van der Waals surface area (Å²) in [5, 5.41) is 0.173. The van der Waals surface area contributed by atoms with E-state index < -0.39 is 17.8 Å². The molecule has 1 aromatic heterocycles. The van der Waals surface area contributed by atoms with Gasteiger partial charge in [0.1, 0.15) is 18.1 Å². The molecule has 8 heteroatoms. The highest BCUT2D eigenvalue weighted by atomic mass is 35.5. The van der Waals surface area contributed by atoms with E-state index in [1.54, 1.807) is 31.2 Å². The van der Waals surface area contributed by atoms with Gasteiger partial charge in [0, 0.05) is 6.20 Å². The van der Waals surface area contributed by atoms with Crippen LogP contribution >= 0.6 is 11.6 Å². The average molecular weight is 365 g/mol. The van der Waals surface area contributed by atoms with Gasteiger partial charge in [-0.2, -0.15) is 0 Å². The van der Waals surface area contributed by atoms with Gasteiger partial charge in [-0.1, -0.05) is 17.5 Å². The van der Waals surface area contributed by atoms with E-state index in [9.17, 15) is 9.18 Å². The maximum atomic E-state index is 13.6. The van der Waals surface area contributed by atoms with E-state index in [1.807, 2.05) is 0 Å². The molecule has 0 saturated heterocycles. The Balaban J connectivity index is 1.93. The molecule has 0 aliphatic heterocycles. The molecule has 0 bridgehead atoms. The summed E-state index contributed by atoms with van der Waals surface area (Å²) in [5.41, 5.74) is 2.17. The molecule has 1 atom stereocenters. The van der Waals surface area contributed by atoms with E-state index in [0.717, 1.165) is 6.07 Å². The topological polar surface area (TPSA) is 69.7 Å². The van der Waals surface area contributed by atoms with E-state index >= 15 is 0 Å². The van der Waals surface area contributed by atoms with Crippen molar-refractivity contribution in [2.75, 3.05) is 6.61 Å². The predicted molar refractivity (Wildman–Crippen MR) is 88.7 cm³/mol. The van der Waals surface area contributed by atoms with Crippen molar-refractivity contribution in [2.45, 2.75) is 13.0 Å². The monoisotopic (exact) mass is 364 g/mol. The Kier molecular flexibility index (Phi) is 6.57. The van der Waals surface area contributed by atoms with Gasteiger partial charge in [-0.25, -0.2) is 14.9 Å². The van der Waals surface area contributed by atoms with Gasteiger partial charge in [0.15, 0.2) is 11.9 Å². The van der Waals surface area contributed by atoms with Crippen LogP contribution in [0.3, 0.4) is 0 Å². The molecule has 2 rings (SSSR count). The Bertz CT molecular complexity index is 777. The van der Waals surface area contributed by atoms with Crippen LogP contribution in [0.15, 0.2) is 36.5 Å². The quantitative estimate of drug-likeness (QED) is 0.464. The number of hydrogen-bond acceptors (Lipinski definition) is 5. The van der Waals surface area contributed by atoms with Gasteiger partial charge in [-0.05, 0) is 37.3 Å². The van der Waals surface area contributed by atoms with Crippen molar-refractivity contribution in [3.8, 4) is 29.7 Å². The molecule has 0 radical (unpaired) electrons. The summed E-state index contributed by atoms with van der Waals surface area (Å²) in [5.74, 6) is 1.61. The summed E-state index contributed by atoms with van der Waals surface area (Å²) < 4.78 is 24.4. The van der Waals surface area contributed by atoms with Gasteiger partial charge in [-0.3, -0.25) is 9.63 Å². The number of ether oxygens (including phenoxy) is 2. The molecule has 0 unspecified atom stereocenters. The minimum Gasteiger partial charge on any atom is -0.481 e. The zero-order valence-electron chi connectivity index (χ0n) is 13.2. The molecule has 0 saturated carbocycles. The Labute approximate surface area is 148 Å². The third-order valence-electron chi connectivity index (χ3n) is 2.82. The van der Waals surface area contributed by atoms with Crippen LogP contribution in [-0.4, -0.2) is 23.6 Å². The lowest BCUT2D eigenvalue weighted by atomic mass is 10.3. The lowest BCUT2D eigenvalue weighted by Gasteiger charge is -2.14. The van der Waals surface area contributed by atoms with Crippen LogP contribution in [0.2, 0.25) is 5.02 Å². The smallest absolute Gasteiger partial charge is 0.284 e. The number of nitrogens with one attached hydrogen (secondary N) is 1. The SMILES string of the molecule is C#CCONC(=O)[C@@H](C)Oc1ccc(Oc2ncc(Cl)cc2F)cc1. The van der Waals surface area contributed by atoms with Gasteiger partial charge < -0.3 is 9.47 Å². The summed E-state index contributed by atoms with van der Waals surface area (Å²) in [6.07, 6.45) is 5.47. The summed E-state index contributed by atoms with van der Waals surface area (Å²) in [4.78, 5) is 20.2. The molecule has 2 aromatic rings. The van der Waals surface area contributed by atoms with Crippen LogP contribution < -0.4 is 15.0 Å². The maximum absolute atomic E-state index is 13.6. The van der Waals surface area contributed by atoms with Gasteiger partial charge >= 0.3 is 0 Å². The van der Waals surface area contributed by atoms with Crippen molar-refractivity contribution in [3.63, 3.8) is 0 Å². The zero-order valence-corrected chi connectivity index (χ0v) is 13.9. The van der Waals surface area contributed by atoms with Crippen molar-refractivity contribution in [3.05, 3.63) is 47.4 Å². The third-order valence-corrected chi connectivity index (χ3v) is 3.03. The Morgan fingerprint density at radius 1 is 1.40 bits per heavy atom. The van der Waals surface area contributed by atoms with Gasteiger partial charge in [0.2, 0.25) is 0 Å². The summed E-state index contributed by atoms with van der Waals surface area (Å²) in [6, 6.07) is 7.32. The molecule has 25 heavy (non-hydrogen) atoms. The fraction of sp³-hybridized carbons (Fsp3) is 0.176. The van der Waals surface area contributed by atoms with Crippen molar-refractivity contribution in [1.29, 1.82) is 0 Å². The third kappa shape index (κ3) is 5.64. The highest BCUT2D eigenvalue weighted by molar-refractivity contribution is 6.30. The molecule has 6 nitrogen and oxygen atoms in total. The highest BCUT2D eigenvalue weighted by Gasteiger charge is 2.15. The van der Waals surface area contributed by atoms with E-state index in [4.69, 9.17) is 32.3 Å². The van der Waals surface area contributed by atoms with Crippen LogP contribution in [0.25, 0.3) is 0 Å². The van der Waals surface area contributed by atoms with E-state index in [1.165, 1.54) is 6.20 Å². The lowest BCUT2D eigenvalue weighted by Crippen LogP contribution is -2.36. The second-order valence-electron chi connectivity index (χ2n) is 4.73. The maximum Gasteiger partial charge on any atom is 0.284 e. The van der Waals surface area contributed by atoms with Gasteiger partial charge in [0.25, 0.3) is 11.8 Å². The molecular formula is C17H14ClFN2O4. The van der Waals surface area contributed by atoms with Gasteiger partial charge in [-0.15, -0.1) is 6.42 Å². The first-order valence-electron chi connectivity index (χ1n) is 7.10. The summed E-state index contributed by atoms with van der Waals surface area (Å²) in [6.45, 7) is 1.51. The predicted octanol–water partition coefficient (Wildman–Crippen LogP) is 3.11. The number of hydrogen-bond donors (Lipinski definition) is 1. The molecule has 1 aromatic carbocycles. The number of carbonyl (C=O) groups excluding carboxylic acids is 1. The van der Waals surface area contributed by atoms with Crippen LogP contribution in [0.4, 0.5) is 4.39 Å². The fourth-order valence-electron chi connectivity index (χ4n) is 1.66. The molecule has 0 fully saturated rings. The molecule has 130 valence electrons. The normalized spacial score (nSPS) is 11.3. The van der Waals surface area contributed by atoms with Crippen molar-refractivity contribution in [2.24, 2.45) is 0 Å². The number of pyridine rings is 1. The minimum atomic E-state index is -0.806. The first kappa shape index (κ1) is 18.5. The summed E-state index contributed by atoms with van der Waals surface area (Å²) >= 11 is 5.63. The molecule has 1 amide bonds. The highest BCUT2D eigenvalue weighted by Crippen LogP contribution is 2.26. The van der Waals surface area contributed by atoms with Gasteiger partial charge in [0.05, 0.1) is 5.02 Å². The van der Waals surface area contributed by atoms with Crippen LogP contribution in [0.5, 0.6) is 17.4 Å². The van der Waals surface area contributed by atoms with Crippen LogP contribution in [0.1, 0.15) is 6.92 Å². The molecule has 0 spiro atoms. The molecule has 0 aliphatic carbocycles. The number of benzene rings is 1. The number of nitrogens with zero attached hydrogens (tertiary/aromatic N) is 1. The molecule has 1 N–H and O–H groups in total. The number of carbonyl (C=O) groups is 1. The summed E-state index contributed by atoms with van der Waals surface area (Å²) in [7, 11) is 0. The first-order valence-corrected chi connectivity index (χ1v) is 7.48. The number of aromatic nitrogens is 1. The second-order valence-corrected chi connectivity index (χ2v) is 5.17. The largest absolute Gasteiger partial charge is 0.481 e. The van der Waals surface area contributed by atoms with E-state index in [0.29, 0.717) is 11.5 Å². The number of hydroxylamine groups is 1. The fourth-order valence-corrected chi connectivity index (χ4v) is 1.81. The van der Waals surface area contributed by atoms with Crippen LogP contribution in [-0.2, 0) is 9.63 Å². The molecule has 1 heterocycles. The number of amides is 1. The van der Waals surface area contributed by atoms with E-state index in [-0.39, 0.29) is 17.5 Å². The van der Waals surface area contributed by atoms with Crippen molar-refractivity contribution < 1.29 is 23.5 Å². The lowest BCUT2D eigenvalue weighted by molar-refractivity contribution is -0.139. The average Bonchev–Trinajstić information content (AvgIpc) is 2.59. The molecule has 0 aliphatic rings. The zero-order chi connectivity index (χ0) is 18.2. The molecular weight excluding hydrogens is 351 g/mol. The van der Waals surface area contributed by atoms with E-state index in [2.05, 4.69) is 16.4 Å². The Hall–Kier alpha value is -2.82. The minimum absolute atomic E-state index is 0.0419. The standard InChI is InChI=1S/C17H14ClFN2O4/c1-3-8-23-21-16(22)11(2)24-13-4-6-14(7-5-13)25-17-15(19)9-12(18)10-20-17/h1,4-7,9-11H,8H2,2H3,(H,21,22)/t11-/m1/s1. The van der Waals surface area contributed by atoms with Crippen molar-refractivity contribution in [1.82, 2.24) is 10.5 Å². The van der Waals surface area contributed by atoms with Crippen LogP contribution in [0, 0.1) is 18.2 Å². The number of terminal acetylenes is 1. The Morgan fingerprint density at radius 2 is 2.08 bits per heavy atom. The Morgan fingerprint density at radius 3 is 2.72 bits per heavy atom. The number of halogens is 2.